The van der Waals surface area contributed by atoms with Crippen LogP contribution in [-0.2, 0) is 4.79 Å². The average molecular weight is 297 g/mol. The van der Waals surface area contributed by atoms with Crippen LogP contribution in [0.4, 0.5) is 10.1 Å². The second-order valence-electron chi connectivity index (χ2n) is 4.73. The standard InChI is InChI=1S/C18H16FNO2/c1-2-18(22)20-16-5-3-4-14(12-16)17(21)11-8-13-6-9-15(19)10-7-13/h3-12H,2H2,1H3,(H,20,22). The number of ketones is 1. The lowest BCUT2D eigenvalue weighted by atomic mass is 10.1. The lowest BCUT2D eigenvalue weighted by molar-refractivity contribution is -0.115. The van der Waals surface area contributed by atoms with Gasteiger partial charge in [-0.15, -0.1) is 0 Å². The van der Waals surface area contributed by atoms with Crippen LogP contribution in [0.5, 0.6) is 0 Å². The number of hydrogen-bond donors (Lipinski definition) is 1. The number of rotatable bonds is 5. The molecule has 3 nitrogen and oxygen atoms in total. The quantitative estimate of drug-likeness (QED) is 0.668. The van der Waals surface area contributed by atoms with Crippen LogP contribution in [0.2, 0.25) is 0 Å². The molecule has 4 heteroatoms. The molecule has 2 aromatic rings. The SMILES string of the molecule is CCC(=O)Nc1cccc(C(=O)C=Cc2ccc(F)cc2)c1. The molecule has 0 aliphatic carbocycles. The number of allylic oxidation sites excluding steroid dienone is 1. The fraction of sp³-hybridized carbons (Fsp3) is 0.111. The van der Waals surface area contributed by atoms with E-state index in [-0.39, 0.29) is 17.5 Å². The monoisotopic (exact) mass is 297 g/mol. The molecule has 0 bridgehead atoms. The summed E-state index contributed by atoms with van der Waals surface area (Å²) in [7, 11) is 0. The van der Waals surface area contributed by atoms with Crippen molar-refractivity contribution in [3.63, 3.8) is 0 Å². The Kier molecular flexibility index (Phi) is 5.20. The molecule has 0 aromatic heterocycles. The van der Waals surface area contributed by atoms with Crippen molar-refractivity contribution in [3.8, 4) is 0 Å². The zero-order valence-electron chi connectivity index (χ0n) is 12.2. The van der Waals surface area contributed by atoms with Gasteiger partial charge in [-0.25, -0.2) is 4.39 Å². The second-order valence-corrected chi connectivity index (χ2v) is 4.73. The molecule has 22 heavy (non-hydrogen) atoms. The normalized spacial score (nSPS) is 10.6. The van der Waals surface area contributed by atoms with Crippen molar-refractivity contribution >= 4 is 23.5 Å². The van der Waals surface area contributed by atoms with E-state index in [1.54, 1.807) is 49.4 Å². The van der Waals surface area contributed by atoms with Crippen molar-refractivity contribution in [1.82, 2.24) is 0 Å². The Labute approximate surface area is 128 Å². The van der Waals surface area contributed by atoms with Crippen molar-refractivity contribution in [2.75, 3.05) is 5.32 Å². The maximum absolute atomic E-state index is 12.8. The highest BCUT2D eigenvalue weighted by Gasteiger charge is 2.04. The summed E-state index contributed by atoms with van der Waals surface area (Å²) >= 11 is 0. The Bertz CT molecular complexity index is 705. The fourth-order valence-corrected chi connectivity index (χ4v) is 1.84. The van der Waals surface area contributed by atoms with Crippen LogP contribution in [0.1, 0.15) is 29.3 Å². The highest BCUT2D eigenvalue weighted by molar-refractivity contribution is 6.07. The third-order valence-electron chi connectivity index (χ3n) is 3.05. The van der Waals surface area contributed by atoms with Crippen molar-refractivity contribution in [3.05, 3.63) is 71.6 Å². The van der Waals surface area contributed by atoms with Crippen molar-refractivity contribution < 1.29 is 14.0 Å². The average Bonchev–Trinajstić information content (AvgIpc) is 2.54. The van der Waals surface area contributed by atoms with Gasteiger partial charge in [-0.1, -0.05) is 37.3 Å². The first-order chi connectivity index (χ1) is 10.6. The molecule has 0 spiro atoms. The third kappa shape index (κ3) is 4.38. The van der Waals surface area contributed by atoms with Gasteiger partial charge in [0.1, 0.15) is 5.82 Å². The van der Waals surface area contributed by atoms with Crippen LogP contribution in [0, 0.1) is 5.82 Å². The first-order valence-corrected chi connectivity index (χ1v) is 6.96. The lowest BCUT2D eigenvalue weighted by Gasteiger charge is -2.04. The number of nitrogens with one attached hydrogen (secondary N) is 1. The third-order valence-corrected chi connectivity index (χ3v) is 3.05. The maximum atomic E-state index is 12.8. The largest absolute Gasteiger partial charge is 0.326 e. The summed E-state index contributed by atoms with van der Waals surface area (Å²) in [6.45, 7) is 1.76. The molecule has 0 saturated carbocycles. The van der Waals surface area contributed by atoms with Crippen LogP contribution in [-0.4, -0.2) is 11.7 Å². The summed E-state index contributed by atoms with van der Waals surface area (Å²) in [5.74, 6) is -0.605. The Hall–Kier alpha value is -2.75. The van der Waals surface area contributed by atoms with E-state index in [1.807, 2.05) is 0 Å². The van der Waals surface area contributed by atoms with Gasteiger partial charge >= 0.3 is 0 Å². The topological polar surface area (TPSA) is 46.2 Å². The number of halogens is 1. The van der Waals surface area contributed by atoms with Gasteiger partial charge in [-0.2, -0.15) is 0 Å². The van der Waals surface area contributed by atoms with E-state index in [0.717, 1.165) is 5.56 Å². The molecule has 0 saturated heterocycles. The van der Waals surface area contributed by atoms with E-state index >= 15 is 0 Å². The number of amides is 1. The number of carbonyl (C=O) groups is 2. The smallest absolute Gasteiger partial charge is 0.224 e. The van der Waals surface area contributed by atoms with Gasteiger partial charge in [0.05, 0.1) is 0 Å². The molecule has 112 valence electrons. The molecule has 0 unspecified atom stereocenters. The molecule has 2 aromatic carbocycles. The zero-order chi connectivity index (χ0) is 15.9. The predicted molar refractivity (Wildman–Crippen MR) is 85.1 cm³/mol. The van der Waals surface area contributed by atoms with Crippen LogP contribution in [0.3, 0.4) is 0 Å². The molecule has 0 radical (unpaired) electrons. The summed E-state index contributed by atoms with van der Waals surface area (Å²) in [6.07, 6.45) is 3.43. The van der Waals surface area contributed by atoms with Gasteiger partial charge in [-0.3, -0.25) is 9.59 Å². The van der Waals surface area contributed by atoms with Crippen LogP contribution < -0.4 is 5.32 Å². The van der Waals surface area contributed by atoms with Crippen molar-refractivity contribution in [2.24, 2.45) is 0 Å². The van der Waals surface area contributed by atoms with E-state index in [4.69, 9.17) is 0 Å². The summed E-state index contributed by atoms with van der Waals surface area (Å²) in [5.41, 5.74) is 1.81. The Morgan fingerprint density at radius 3 is 2.55 bits per heavy atom. The minimum absolute atomic E-state index is 0.105. The van der Waals surface area contributed by atoms with Gasteiger partial charge in [0.25, 0.3) is 0 Å². The number of benzene rings is 2. The Morgan fingerprint density at radius 2 is 1.86 bits per heavy atom. The van der Waals surface area contributed by atoms with Crippen LogP contribution in [0.15, 0.2) is 54.6 Å². The molecule has 0 atom stereocenters. The summed E-state index contributed by atoms with van der Waals surface area (Å²) < 4.78 is 12.8. The molecule has 1 N–H and O–H groups in total. The molecular formula is C18H16FNO2. The summed E-state index contributed by atoms with van der Waals surface area (Å²) in [5, 5.41) is 2.71. The van der Waals surface area contributed by atoms with Crippen molar-refractivity contribution in [2.45, 2.75) is 13.3 Å². The van der Waals surface area contributed by atoms with Gasteiger partial charge in [-0.05, 0) is 35.9 Å². The summed E-state index contributed by atoms with van der Waals surface area (Å²) in [6, 6.07) is 12.6. The molecule has 0 fully saturated rings. The highest BCUT2D eigenvalue weighted by atomic mass is 19.1. The van der Waals surface area contributed by atoms with Gasteiger partial charge in [0, 0.05) is 17.7 Å². The highest BCUT2D eigenvalue weighted by Crippen LogP contribution is 2.13. The first-order valence-electron chi connectivity index (χ1n) is 6.96. The van der Waals surface area contributed by atoms with Gasteiger partial charge < -0.3 is 5.32 Å². The molecular weight excluding hydrogens is 281 g/mol. The van der Waals surface area contributed by atoms with E-state index in [1.165, 1.54) is 18.2 Å². The number of hydrogen-bond acceptors (Lipinski definition) is 2. The van der Waals surface area contributed by atoms with Crippen LogP contribution >= 0.6 is 0 Å². The van der Waals surface area contributed by atoms with E-state index in [9.17, 15) is 14.0 Å². The van der Waals surface area contributed by atoms with Crippen molar-refractivity contribution in [1.29, 1.82) is 0 Å². The molecule has 0 aliphatic heterocycles. The lowest BCUT2D eigenvalue weighted by Crippen LogP contribution is -2.09. The van der Waals surface area contributed by atoms with E-state index in [2.05, 4.69) is 5.32 Å². The molecule has 0 aliphatic rings. The molecule has 1 amide bonds. The zero-order valence-corrected chi connectivity index (χ0v) is 12.2. The molecule has 0 heterocycles. The fourth-order valence-electron chi connectivity index (χ4n) is 1.84. The molecule has 2 rings (SSSR count). The van der Waals surface area contributed by atoms with E-state index in [0.29, 0.717) is 17.7 Å². The minimum Gasteiger partial charge on any atom is -0.326 e. The Morgan fingerprint density at radius 1 is 1.14 bits per heavy atom. The first kappa shape index (κ1) is 15.6. The Balaban J connectivity index is 2.10. The number of carbonyl (C=O) groups excluding carboxylic acids is 2. The van der Waals surface area contributed by atoms with E-state index < -0.39 is 0 Å². The summed E-state index contributed by atoms with van der Waals surface area (Å²) in [4.78, 5) is 23.5. The predicted octanol–water partition coefficient (Wildman–Crippen LogP) is 4.07. The second kappa shape index (κ2) is 7.31. The maximum Gasteiger partial charge on any atom is 0.224 e. The number of anilines is 1. The van der Waals surface area contributed by atoms with Crippen LogP contribution in [0.25, 0.3) is 6.08 Å². The van der Waals surface area contributed by atoms with Gasteiger partial charge in [0.15, 0.2) is 5.78 Å². The minimum atomic E-state index is -0.317. The van der Waals surface area contributed by atoms with Gasteiger partial charge in [0.2, 0.25) is 5.91 Å².